The minimum absolute atomic E-state index is 0.0963. The van der Waals surface area contributed by atoms with Crippen LogP contribution in [0.15, 0.2) is 42.5 Å². The SMILES string of the molecule is CN(C)C(=O)c1c(C(F)(F)F)ccc(Nc2nsnc2N[C@@H](c2ccccc2)C(C)(C)C)c1O. The highest BCUT2D eigenvalue weighted by molar-refractivity contribution is 6.99. The molecule has 1 heterocycles. The van der Waals surface area contributed by atoms with Crippen LogP contribution in [0, 0.1) is 5.41 Å². The number of anilines is 3. The second kappa shape index (κ2) is 9.49. The molecule has 182 valence electrons. The molecule has 0 aliphatic heterocycles. The van der Waals surface area contributed by atoms with E-state index in [-0.39, 0.29) is 23.0 Å². The summed E-state index contributed by atoms with van der Waals surface area (Å²) >= 11 is 0.900. The molecular formula is C23H26F3N5O2S. The summed E-state index contributed by atoms with van der Waals surface area (Å²) in [4.78, 5) is 13.4. The molecule has 1 amide bonds. The molecule has 0 spiro atoms. The molecule has 0 saturated heterocycles. The molecule has 0 aliphatic carbocycles. The van der Waals surface area contributed by atoms with E-state index < -0.39 is 29.0 Å². The Labute approximate surface area is 200 Å². The van der Waals surface area contributed by atoms with Gasteiger partial charge in [0.05, 0.1) is 34.6 Å². The standard InChI is InChI=1S/C23H26F3N5O2S/c1-22(2,3)18(13-9-7-6-8-10-13)28-20-19(29-34-30-20)27-15-12-11-14(23(24,25)26)16(17(15)32)21(33)31(4)5/h6-12,18,32H,1-5H3,(H,27,29)(H,28,30)/t18-/m0/s1. The molecular weight excluding hydrogens is 467 g/mol. The summed E-state index contributed by atoms with van der Waals surface area (Å²) in [5, 5.41) is 16.8. The molecule has 3 rings (SSSR count). The molecule has 0 aliphatic rings. The maximum Gasteiger partial charge on any atom is 0.417 e. The van der Waals surface area contributed by atoms with Crippen LogP contribution in [-0.4, -0.2) is 38.8 Å². The summed E-state index contributed by atoms with van der Waals surface area (Å²) in [7, 11) is 2.62. The van der Waals surface area contributed by atoms with Gasteiger partial charge in [-0.3, -0.25) is 4.79 Å². The molecule has 11 heteroatoms. The largest absolute Gasteiger partial charge is 0.505 e. The quantitative estimate of drug-likeness (QED) is 0.370. The molecule has 1 atom stereocenters. The molecule has 34 heavy (non-hydrogen) atoms. The third-order valence-corrected chi connectivity index (χ3v) is 5.65. The molecule has 2 aromatic carbocycles. The van der Waals surface area contributed by atoms with E-state index in [1.807, 2.05) is 30.3 Å². The molecule has 0 unspecified atom stereocenters. The van der Waals surface area contributed by atoms with Crippen LogP contribution in [0.25, 0.3) is 0 Å². The van der Waals surface area contributed by atoms with E-state index in [4.69, 9.17) is 0 Å². The highest BCUT2D eigenvalue weighted by atomic mass is 32.1. The van der Waals surface area contributed by atoms with Crippen LogP contribution < -0.4 is 10.6 Å². The smallest absolute Gasteiger partial charge is 0.417 e. The Bertz CT molecular complexity index is 1160. The Morgan fingerprint density at radius 3 is 2.21 bits per heavy atom. The van der Waals surface area contributed by atoms with E-state index in [2.05, 4.69) is 40.2 Å². The monoisotopic (exact) mass is 493 g/mol. The maximum atomic E-state index is 13.5. The van der Waals surface area contributed by atoms with Crippen molar-refractivity contribution < 1.29 is 23.1 Å². The van der Waals surface area contributed by atoms with Crippen molar-refractivity contribution in [2.24, 2.45) is 5.41 Å². The van der Waals surface area contributed by atoms with Crippen molar-refractivity contribution in [2.75, 3.05) is 24.7 Å². The number of aromatic nitrogens is 2. The van der Waals surface area contributed by atoms with Crippen molar-refractivity contribution in [3.8, 4) is 5.75 Å². The number of nitrogens with zero attached hydrogens (tertiary/aromatic N) is 3. The van der Waals surface area contributed by atoms with Crippen LogP contribution in [0.3, 0.4) is 0 Å². The van der Waals surface area contributed by atoms with Gasteiger partial charge in [-0.1, -0.05) is 51.1 Å². The topological polar surface area (TPSA) is 90.4 Å². The van der Waals surface area contributed by atoms with E-state index in [9.17, 15) is 23.1 Å². The maximum absolute atomic E-state index is 13.5. The predicted octanol–water partition coefficient (Wildman–Crippen LogP) is 5.91. The Morgan fingerprint density at radius 2 is 1.65 bits per heavy atom. The van der Waals surface area contributed by atoms with Gasteiger partial charge in [0.1, 0.15) is 0 Å². The van der Waals surface area contributed by atoms with Gasteiger partial charge in [-0.2, -0.15) is 21.9 Å². The van der Waals surface area contributed by atoms with E-state index in [0.29, 0.717) is 5.82 Å². The molecule has 0 fully saturated rings. The number of amides is 1. The summed E-state index contributed by atoms with van der Waals surface area (Å²) in [5.74, 6) is -1.20. The minimum atomic E-state index is -4.82. The number of carbonyl (C=O) groups is 1. The lowest BCUT2D eigenvalue weighted by Gasteiger charge is -2.32. The summed E-state index contributed by atoms with van der Waals surface area (Å²) in [6, 6.07) is 11.4. The predicted molar refractivity (Wildman–Crippen MR) is 127 cm³/mol. The van der Waals surface area contributed by atoms with E-state index >= 15 is 0 Å². The minimum Gasteiger partial charge on any atom is -0.505 e. The summed E-state index contributed by atoms with van der Waals surface area (Å²) in [6.45, 7) is 6.18. The molecule has 1 aromatic heterocycles. The zero-order chi connectivity index (χ0) is 25.3. The third-order valence-electron chi connectivity index (χ3n) is 5.12. The Morgan fingerprint density at radius 1 is 1.03 bits per heavy atom. The van der Waals surface area contributed by atoms with Crippen LogP contribution >= 0.6 is 11.7 Å². The van der Waals surface area contributed by atoms with E-state index in [1.165, 1.54) is 14.1 Å². The zero-order valence-corrected chi connectivity index (χ0v) is 20.2. The number of phenolic OH excluding ortho intramolecular Hbond substituents is 1. The second-order valence-electron chi connectivity index (χ2n) is 9.02. The third kappa shape index (κ3) is 5.41. The zero-order valence-electron chi connectivity index (χ0n) is 19.4. The molecule has 0 radical (unpaired) electrons. The molecule has 0 saturated carbocycles. The van der Waals surface area contributed by atoms with Gasteiger partial charge in [0.2, 0.25) is 0 Å². The molecule has 3 aromatic rings. The Kier molecular flexibility index (Phi) is 7.06. The van der Waals surface area contributed by atoms with Gasteiger partial charge in [-0.05, 0) is 23.1 Å². The lowest BCUT2D eigenvalue weighted by atomic mass is 9.82. The first-order valence-electron chi connectivity index (χ1n) is 10.4. The lowest BCUT2D eigenvalue weighted by Crippen LogP contribution is -2.26. The van der Waals surface area contributed by atoms with Gasteiger partial charge in [-0.25, -0.2) is 0 Å². The van der Waals surface area contributed by atoms with E-state index in [1.54, 1.807) is 0 Å². The van der Waals surface area contributed by atoms with Gasteiger partial charge in [0.15, 0.2) is 17.4 Å². The number of phenols is 1. The number of hydrogen-bond acceptors (Lipinski definition) is 7. The second-order valence-corrected chi connectivity index (χ2v) is 9.55. The van der Waals surface area contributed by atoms with Gasteiger partial charge in [0.25, 0.3) is 5.91 Å². The van der Waals surface area contributed by atoms with Crippen LogP contribution in [0.4, 0.5) is 30.5 Å². The lowest BCUT2D eigenvalue weighted by molar-refractivity contribution is -0.138. The normalized spacial score (nSPS) is 12.8. The number of halogens is 3. The van der Waals surface area contributed by atoms with Crippen LogP contribution in [0.2, 0.25) is 0 Å². The number of aromatic hydroxyl groups is 1. The van der Waals surface area contributed by atoms with Crippen LogP contribution in [-0.2, 0) is 6.18 Å². The molecule has 0 bridgehead atoms. The Hall–Kier alpha value is -3.34. The fourth-order valence-electron chi connectivity index (χ4n) is 3.44. The first-order valence-corrected chi connectivity index (χ1v) is 11.1. The number of benzene rings is 2. The van der Waals surface area contributed by atoms with Gasteiger partial charge < -0.3 is 20.6 Å². The fraction of sp³-hybridized carbons (Fsp3) is 0.348. The Balaban J connectivity index is 1.99. The molecule has 3 N–H and O–H groups in total. The van der Waals surface area contributed by atoms with Gasteiger partial charge in [-0.15, -0.1) is 0 Å². The number of hydrogen-bond donors (Lipinski definition) is 3. The van der Waals surface area contributed by atoms with Crippen molar-refractivity contribution in [2.45, 2.75) is 33.0 Å². The van der Waals surface area contributed by atoms with Crippen LogP contribution in [0.1, 0.15) is 48.3 Å². The molecule has 7 nitrogen and oxygen atoms in total. The summed E-state index contributed by atoms with van der Waals surface area (Å²) in [6.07, 6.45) is -4.82. The van der Waals surface area contributed by atoms with Crippen LogP contribution in [0.5, 0.6) is 5.75 Å². The van der Waals surface area contributed by atoms with Crippen molar-refractivity contribution in [3.05, 3.63) is 59.2 Å². The fourth-order valence-corrected chi connectivity index (χ4v) is 3.92. The average Bonchev–Trinajstić information content (AvgIpc) is 3.18. The van der Waals surface area contributed by atoms with Gasteiger partial charge >= 0.3 is 6.18 Å². The van der Waals surface area contributed by atoms with E-state index in [0.717, 1.165) is 34.3 Å². The summed E-state index contributed by atoms with van der Waals surface area (Å²) in [5.41, 5.74) is -1.35. The first kappa shape index (κ1) is 25.3. The number of nitrogens with one attached hydrogen (secondary N) is 2. The number of alkyl halides is 3. The van der Waals surface area contributed by atoms with Crippen molar-refractivity contribution >= 4 is 35.0 Å². The van der Waals surface area contributed by atoms with Crippen molar-refractivity contribution in [1.82, 2.24) is 13.6 Å². The average molecular weight is 494 g/mol. The van der Waals surface area contributed by atoms with Crippen molar-refractivity contribution in [1.29, 1.82) is 0 Å². The number of rotatable bonds is 6. The highest BCUT2D eigenvalue weighted by Gasteiger charge is 2.38. The van der Waals surface area contributed by atoms with Gasteiger partial charge in [0, 0.05) is 14.1 Å². The van der Waals surface area contributed by atoms with Crippen molar-refractivity contribution in [3.63, 3.8) is 0 Å². The summed E-state index contributed by atoms with van der Waals surface area (Å²) < 4.78 is 49.0. The number of carbonyl (C=O) groups excluding carboxylic acids is 1. The first-order chi connectivity index (χ1) is 15.8. The highest BCUT2D eigenvalue weighted by Crippen LogP contribution is 2.42.